The fraction of sp³-hybridized carbons (Fsp3) is 0.800. The number of amides is 1. The summed E-state index contributed by atoms with van der Waals surface area (Å²) >= 11 is 0. The predicted molar refractivity (Wildman–Crippen MR) is 56.8 cm³/mol. The van der Waals surface area contributed by atoms with Crippen LogP contribution in [0.3, 0.4) is 0 Å². The number of esters is 1. The second-order valence-electron chi connectivity index (χ2n) is 3.75. The maximum atomic E-state index is 11.3. The van der Waals surface area contributed by atoms with Gasteiger partial charge in [-0.15, -0.1) is 0 Å². The SMILES string of the molecule is COC(=O)C(CNC1CCOC1)NC(C)=O. The molecule has 1 amide bonds. The molecule has 0 aromatic carbocycles. The number of rotatable bonds is 5. The van der Waals surface area contributed by atoms with Gasteiger partial charge < -0.3 is 20.1 Å². The summed E-state index contributed by atoms with van der Waals surface area (Å²) in [7, 11) is 1.30. The Balaban J connectivity index is 2.36. The Bertz CT molecular complexity index is 251. The van der Waals surface area contributed by atoms with Gasteiger partial charge in [0.2, 0.25) is 5.91 Å². The summed E-state index contributed by atoms with van der Waals surface area (Å²) in [4.78, 5) is 22.2. The molecule has 2 unspecified atom stereocenters. The van der Waals surface area contributed by atoms with E-state index in [1.807, 2.05) is 0 Å². The van der Waals surface area contributed by atoms with Crippen LogP contribution in [-0.2, 0) is 19.1 Å². The molecular weight excluding hydrogens is 212 g/mol. The number of hydrogen-bond acceptors (Lipinski definition) is 5. The van der Waals surface area contributed by atoms with E-state index < -0.39 is 12.0 Å². The van der Waals surface area contributed by atoms with Crippen LogP contribution in [-0.4, -0.2) is 50.8 Å². The Kier molecular flexibility index (Phi) is 5.21. The van der Waals surface area contributed by atoms with Crippen molar-refractivity contribution in [1.29, 1.82) is 0 Å². The monoisotopic (exact) mass is 230 g/mol. The van der Waals surface area contributed by atoms with E-state index in [0.717, 1.165) is 13.0 Å². The first-order chi connectivity index (χ1) is 7.63. The lowest BCUT2D eigenvalue weighted by atomic mass is 10.2. The van der Waals surface area contributed by atoms with Crippen molar-refractivity contribution in [3.8, 4) is 0 Å². The molecule has 0 spiro atoms. The molecule has 2 atom stereocenters. The van der Waals surface area contributed by atoms with Crippen molar-refractivity contribution >= 4 is 11.9 Å². The second-order valence-corrected chi connectivity index (χ2v) is 3.75. The van der Waals surface area contributed by atoms with Crippen LogP contribution in [0, 0.1) is 0 Å². The molecule has 0 saturated carbocycles. The third-order valence-corrected chi connectivity index (χ3v) is 2.40. The highest BCUT2D eigenvalue weighted by Crippen LogP contribution is 2.03. The third kappa shape index (κ3) is 4.16. The first kappa shape index (κ1) is 12.9. The van der Waals surface area contributed by atoms with Gasteiger partial charge >= 0.3 is 5.97 Å². The average Bonchev–Trinajstić information content (AvgIpc) is 2.75. The van der Waals surface area contributed by atoms with Gasteiger partial charge in [0.15, 0.2) is 0 Å². The Morgan fingerprint density at radius 3 is 2.81 bits per heavy atom. The van der Waals surface area contributed by atoms with Crippen molar-refractivity contribution in [2.45, 2.75) is 25.4 Å². The summed E-state index contributed by atoms with van der Waals surface area (Å²) in [6.45, 7) is 3.11. The van der Waals surface area contributed by atoms with Crippen LogP contribution < -0.4 is 10.6 Å². The van der Waals surface area contributed by atoms with E-state index in [9.17, 15) is 9.59 Å². The van der Waals surface area contributed by atoms with Gasteiger partial charge in [-0.3, -0.25) is 4.79 Å². The van der Waals surface area contributed by atoms with Crippen LogP contribution in [0.5, 0.6) is 0 Å². The van der Waals surface area contributed by atoms with Crippen molar-refractivity contribution in [1.82, 2.24) is 10.6 Å². The zero-order valence-corrected chi connectivity index (χ0v) is 9.62. The normalized spacial score (nSPS) is 21.5. The van der Waals surface area contributed by atoms with Gasteiger partial charge in [0.1, 0.15) is 6.04 Å². The van der Waals surface area contributed by atoms with E-state index >= 15 is 0 Å². The molecule has 1 aliphatic rings. The standard InChI is InChI=1S/C10H18N2O4/c1-7(13)12-9(10(14)15-2)5-11-8-3-4-16-6-8/h8-9,11H,3-6H2,1-2H3,(H,12,13). The summed E-state index contributed by atoms with van der Waals surface area (Å²) < 4.78 is 9.79. The van der Waals surface area contributed by atoms with Crippen molar-refractivity contribution < 1.29 is 19.1 Å². The van der Waals surface area contributed by atoms with Crippen molar-refractivity contribution in [3.63, 3.8) is 0 Å². The summed E-state index contributed by atoms with van der Waals surface area (Å²) in [5.41, 5.74) is 0. The molecule has 92 valence electrons. The molecule has 6 nitrogen and oxygen atoms in total. The number of ether oxygens (including phenoxy) is 2. The number of hydrogen-bond donors (Lipinski definition) is 2. The molecule has 6 heteroatoms. The fourth-order valence-electron chi connectivity index (χ4n) is 1.56. The Labute approximate surface area is 94.7 Å². The molecule has 0 bridgehead atoms. The average molecular weight is 230 g/mol. The van der Waals surface area contributed by atoms with Crippen LogP contribution in [0.2, 0.25) is 0 Å². The molecule has 2 N–H and O–H groups in total. The minimum Gasteiger partial charge on any atom is -0.467 e. The minimum atomic E-state index is -0.636. The van der Waals surface area contributed by atoms with E-state index in [1.165, 1.54) is 14.0 Å². The Morgan fingerprint density at radius 2 is 2.31 bits per heavy atom. The second kappa shape index (κ2) is 6.44. The number of carbonyl (C=O) groups excluding carboxylic acids is 2. The van der Waals surface area contributed by atoms with E-state index in [-0.39, 0.29) is 11.9 Å². The third-order valence-electron chi connectivity index (χ3n) is 2.40. The lowest BCUT2D eigenvalue weighted by Crippen LogP contribution is -2.49. The zero-order chi connectivity index (χ0) is 12.0. The Hall–Kier alpha value is -1.14. The van der Waals surface area contributed by atoms with Gasteiger partial charge in [0, 0.05) is 26.1 Å². The minimum absolute atomic E-state index is 0.250. The molecule has 0 radical (unpaired) electrons. The highest BCUT2D eigenvalue weighted by molar-refractivity contribution is 5.83. The van der Waals surface area contributed by atoms with Crippen LogP contribution in [0.25, 0.3) is 0 Å². The molecular formula is C10H18N2O4. The highest BCUT2D eigenvalue weighted by Gasteiger charge is 2.22. The summed E-state index contributed by atoms with van der Waals surface area (Å²) in [5.74, 6) is -0.693. The molecule has 1 aliphatic heterocycles. The highest BCUT2D eigenvalue weighted by atomic mass is 16.5. The van der Waals surface area contributed by atoms with E-state index in [4.69, 9.17) is 4.74 Å². The topological polar surface area (TPSA) is 76.7 Å². The summed E-state index contributed by atoms with van der Waals surface area (Å²) in [6.07, 6.45) is 0.925. The van der Waals surface area contributed by atoms with Crippen molar-refractivity contribution in [2.75, 3.05) is 26.9 Å². The number of nitrogens with one attached hydrogen (secondary N) is 2. The maximum absolute atomic E-state index is 11.3. The van der Waals surface area contributed by atoms with Crippen LogP contribution in [0.4, 0.5) is 0 Å². The number of methoxy groups -OCH3 is 1. The summed E-state index contributed by atoms with van der Waals surface area (Å²) in [6, 6.07) is -0.385. The lowest BCUT2D eigenvalue weighted by molar-refractivity contribution is -0.144. The lowest BCUT2D eigenvalue weighted by Gasteiger charge is -2.18. The van der Waals surface area contributed by atoms with Crippen molar-refractivity contribution in [3.05, 3.63) is 0 Å². The molecule has 1 rings (SSSR count). The fourth-order valence-corrected chi connectivity index (χ4v) is 1.56. The van der Waals surface area contributed by atoms with Gasteiger partial charge in [-0.25, -0.2) is 4.79 Å². The van der Waals surface area contributed by atoms with Crippen molar-refractivity contribution in [2.24, 2.45) is 0 Å². The van der Waals surface area contributed by atoms with E-state index in [0.29, 0.717) is 13.2 Å². The van der Waals surface area contributed by atoms with Gasteiger partial charge in [-0.05, 0) is 6.42 Å². The van der Waals surface area contributed by atoms with E-state index in [1.54, 1.807) is 0 Å². The first-order valence-corrected chi connectivity index (χ1v) is 5.29. The molecule has 0 aromatic heterocycles. The molecule has 0 aromatic rings. The molecule has 1 fully saturated rings. The molecule has 1 heterocycles. The quantitative estimate of drug-likeness (QED) is 0.595. The smallest absolute Gasteiger partial charge is 0.329 e. The van der Waals surface area contributed by atoms with Gasteiger partial charge in [-0.1, -0.05) is 0 Å². The van der Waals surface area contributed by atoms with Gasteiger partial charge in [0.05, 0.1) is 13.7 Å². The zero-order valence-electron chi connectivity index (χ0n) is 9.62. The summed E-state index contributed by atoms with van der Waals surface area (Å²) in [5, 5.41) is 5.70. The number of carbonyl (C=O) groups is 2. The molecule has 0 aliphatic carbocycles. The first-order valence-electron chi connectivity index (χ1n) is 5.29. The van der Waals surface area contributed by atoms with E-state index in [2.05, 4.69) is 15.4 Å². The predicted octanol–water partition coefficient (Wildman–Crippen LogP) is -0.957. The largest absolute Gasteiger partial charge is 0.467 e. The van der Waals surface area contributed by atoms with Crippen LogP contribution in [0.15, 0.2) is 0 Å². The van der Waals surface area contributed by atoms with Crippen LogP contribution >= 0.6 is 0 Å². The van der Waals surface area contributed by atoms with Crippen LogP contribution in [0.1, 0.15) is 13.3 Å². The maximum Gasteiger partial charge on any atom is 0.329 e. The molecule has 1 saturated heterocycles. The van der Waals surface area contributed by atoms with Gasteiger partial charge in [0.25, 0.3) is 0 Å². The molecule has 16 heavy (non-hydrogen) atoms. The Morgan fingerprint density at radius 1 is 1.56 bits per heavy atom. The van der Waals surface area contributed by atoms with Gasteiger partial charge in [-0.2, -0.15) is 0 Å².